The molecule has 0 aromatic rings. The SMILES string of the molecule is CCCCCCCCCCCCCCCCCCCCCCCCCCCCCC(O)C(O)C(COC1OC(CO)C(O)C(O)C1O)NC(=O)C(O)CCCCCCCCCCCCCCCCCCCCCCCCCCCC. The summed E-state index contributed by atoms with van der Waals surface area (Å²) in [6, 6.07) is -1.16. The van der Waals surface area contributed by atoms with Crippen molar-refractivity contribution in [3.05, 3.63) is 0 Å². The number of nitrogens with one attached hydrogen (secondary N) is 1. The fraction of sp³-hybridized carbons (Fsp3) is 0.986. The molecule has 8 N–H and O–H groups in total. The van der Waals surface area contributed by atoms with Gasteiger partial charge < -0.3 is 50.5 Å². The van der Waals surface area contributed by atoms with E-state index in [0.29, 0.717) is 19.3 Å². The summed E-state index contributed by atoms with van der Waals surface area (Å²) in [5.74, 6) is -0.686. The van der Waals surface area contributed by atoms with Gasteiger partial charge in [0.05, 0.1) is 25.4 Å². The molecule has 11 nitrogen and oxygen atoms in total. The van der Waals surface area contributed by atoms with Crippen LogP contribution >= 0.6 is 0 Å². The predicted molar refractivity (Wildman–Crippen MR) is 335 cm³/mol. The first kappa shape index (κ1) is 77.1. The second-order valence-corrected chi connectivity index (χ2v) is 25.3. The van der Waals surface area contributed by atoms with Crippen molar-refractivity contribution >= 4 is 5.91 Å². The van der Waals surface area contributed by atoms with E-state index in [4.69, 9.17) is 9.47 Å². The van der Waals surface area contributed by atoms with Crippen LogP contribution in [0.4, 0.5) is 0 Å². The third-order valence-corrected chi connectivity index (χ3v) is 17.7. The fourth-order valence-corrected chi connectivity index (χ4v) is 12.0. The van der Waals surface area contributed by atoms with E-state index in [9.17, 15) is 40.5 Å². The topological polar surface area (TPSA) is 189 Å². The molecule has 0 aromatic carbocycles. The number of hydrogen-bond acceptors (Lipinski definition) is 10. The maximum absolute atomic E-state index is 13.3. The van der Waals surface area contributed by atoms with Crippen molar-refractivity contribution in [3.63, 3.8) is 0 Å². The Bertz CT molecular complexity index is 1260. The number of aliphatic hydroxyl groups excluding tert-OH is 7. The highest BCUT2D eigenvalue weighted by molar-refractivity contribution is 5.80. The minimum Gasteiger partial charge on any atom is -0.394 e. The molecule has 0 aromatic heterocycles. The second-order valence-electron chi connectivity index (χ2n) is 25.3. The zero-order chi connectivity index (χ0) is 58.2. The van der Waals surface area contributed by atoms with Crippen LogP contribution in [0, 0.1) is 0 Å². The van der Waals surface area contributed by atoms with Gasteiger partial charge in [0.25, 0.3) is 0 Å². The van der Waals surface area contributed by atoms with E-state index in [-0.39, 0.29) is 6.42 Å². The highest BCUT2D eigenvalue weighted by atomic mass is 16.7. The molecule has 80 heavy (non-hydrogen) atoms. The lowest BCUT2D eigenvalue weighted by atomic mass is 9.98. The number of amides is 1. The lowest BCUT2D eigenvalue weighted by Gasteiger charge is -2.40. The molecule has 478 valence electrons. The molecule has 1 heterocycles. The van der Waals surface area contributed by atoms with Gasteiger partial charge in [0.15, 0.2) is 6.29 Å². The molecule has 9 unspecified atom stereocenters. The molecule has 0 bridgehead atoms. The van der Waals surface area contributed by atoms with Crippen LogP contribution in [0.15, 0.2) is 0 Å². The van der Waals surface area contributed by atoms with Crippen molar-refractivity contribution in [2.45, 2.75) is 422 Å². The van der Waals surface area contributed by atoms with Crippen molar-refractivity contribution in [1.82, 2.24) is 5.32 Å². The average Bonchev–Trinajstić information content (AvgIpc) is 3.47. The molecule has 0 spiro atoms. The van der Waals surface area contributed by atoms with Gasteiger partial charge in [-0.3, -0.25) is 4.79 Å². The number of aliphatic hydroxyl groups is 7. The molecule has 1 rings (SSSR count). The monoisotopic (exact) mass is 1140 g/mol. The molecular weight excluding hydrogens is 1000 g/mol. The maximum atomic E-state index is 13.3. The summed E-state index contributed by atoms with van der Waals surface area (Å²) in [6.07, 6.45) is 59.0. The van der Waals surface area contributed by atoms with Gasteiger partial charge in [-0.05, 0) is 12.8 Å². The highest BCUT2D eigenvalue weighted by Gasteiger charge is 2.44. The lowest BCUT2D eigenvalue weighted by molar-refractivity contribution is -0.303. The summed E-state index contributed by atoms with van der Waals surface area (Å²) in [6.45, 7) is 3.53. The van der Waals surface area contributed by atoms with Crippen LogP contribution in [0.25, 0.3) is 0 Å². The number of carbonyl (C=O) groups is 1. The Morgan fingerprint density at radius 3 is 0.925 bits per heavy atom. The van der Waals surface area contributed by atoms with Gasteiger partial charge in [0.1, 0.15) is 36.6 Å². The van der Waals surface area contributed by atoms with Gasteiger partial charge in [0.2, 0.25) is 5.91 Å². The zero-order valence-electron chi connectivity index (χ0n) is 52.9. The summed E-state index contributed by atoms with van der Waals surface area (Å²) in [5, 5.41) is 76.6. The van der Waals surface area contributed by atoms with E-state index in [2.05, 4.69) is 19.2 Å². The zero-order valence-corrected chi connectivity index (χ0v) is 52.9. The highest BCUT2D eigenvalue weighted by Crippen LogP contribution is 2.24. The van der Waals surface area contributed by atoms with Gasteiger partial charge in [-0.1, -0.05) is 354 Å². The first-order valence-corrected chi connectivity index (χ1v) is 35.4. The normalized spacial score (nSPS) is 19.1. The molecule has 1 aliphatic rings. The first-order valence-electron chi connectivity index (χ1n) is 35.4. The largest absolute Gasteiger partial charge is 0.394 e. The summed E-state index contributed by atoms with van der Waals surface area (Å²) >= 11 is 0. The number of ether oxygens (including phenoxy) is 2. The molecule has 9 atom stereocenters. The van der Waals surface area contributed by atoms with Crippen molar-refractivity contribution in [2.24, 2.45) is 0 Å². The molecular formula is C69H137NO10. The maximum Gasteiger partial charge on any atom is 0.249 e. The minimum atomic E-state index is -1.66. The van der Waals surface area contributed by atoms with Crippen molar-refractivity contribution < 1.29 is 50.0 Å². The molecule has 0 saturated carbocycles. The Labute approximate surface area is 494 Å². The summed E-state index contributed by atoms with van der Waals surface area (Å²) < 4.78 is 11.2. The molecule has 1 saturated heterocycles. The number of rotatable bonds is 63. The van der Waals surface area contributed by atoms with Crippen LogP contribution < -0.4 is 5.32 Å². The predicted octanol–water partition coefficient (Wildman–Crippen LogP) is 16.9. The molecule has 1 aliphatic heterocycles. The van der Waals surface area contributed by atoms with E-state index in [1.54, 1.807) is 0 Å². The summed E-state index contributed by atoms with van der Waals surface area (Å²) in [7, 11) is 0. The molecule has 1 fully saturated rings. The van der Waals surface area contributed by atoms with Crippen molar-refractivity contribution in [2.75, 3.05) is 13.2 Å². The summed E-state index contributed by atoms with van der Waals surface area (Å²) in [5.41, 5.74) is 0. The van der Waals surface area contributed by atoms with Crippen LogP contribution in [-0.4, -0.2) is 110 Å². The van der Waals surface area contributed by atoms with E-state index < -0.39 is 74.2 Å². The van der Waals surface area contributed by atoms with Crippen molar-refractivity contribution in [3.8, 4) is 0 Å². The van der Waals surface area contributed by atoms with E-state index in [0.717, 1.165) is 38.5 Å². The Morgan fingerprint density at radius 2 is 0.650 bits per heavy atom. The fourth-order valence-electron chi connectivity index (χ4n) is 12.0. The van der Waals surface area contributed by atoms with Crippen LogP contribution in [0.1, 0.15) is 367 Å². The quantitative estimate of drug-likeness (QED) is 0.0272. The Balaban J connectivity index is 2.19. The van der Waals surface area contributed by atoms with Gasteiger partial charge >= 0.3 is 0 Å². The number of unbranched alkanes of at least 4 members (excludes halogenated alkanes) is 51. The van der Waals surface area contributed by atoms with Gasteiger partial charge in [0, 0.05) is 0 Å². The molecule has 0 radical (unpaired) electrons. The van der Waals surface area contributed by atoms with Crippen molar-refractivity contribution in [1.29, 1.82) is 0 Å². The molecule has 1 amide bonds. The van der Waals surface area contributed by atoms with Gasteiger partial charge in [-0.15, -0.1) is 0 Å². The smallest absolute Gasteiger partial charge is 0.249 e. The van der Waals surface area contributed by atoms with Crippen LogP contribution in [0.2, 0.25) is 0 Å². The Kier molecular flexibility index (Phi) is 56.4. The third-order valence-electron chi connectivity index (χ3n) is 17.7. The van der Waals surface area contributed by atoms with Crippen LogP contribution in [0.5, 0.6) is 0 Å². The molecule has 0 aliphatic carbocycles. The lowest BCUT2D eigenvalue weighted by Crippen LogP contribution is -2.60. The van der Waals surface area contributed by atoms with Crippen LogP contribution in [0.3, 0.4) is 0 Å². The average molecular weight is 1140 g/mol. The van der Waals surface area contributed by atoms with E-state index in [1.165, 1.54) is 289 Å². The Morgan fingerprint density at radius 1 is 0.388 bits per heavy atom. The standard InChI is InChI=1S/C69H137NO10/c1-3-5-7-9-11-13-15-17-19-21-23-25-27-29-31-33-34-36-38-40-42-44-46-48-50-52-54-56-61(72)64(74)60(59-79-69-67(77)66(76)65(75)63(58-71)80-69)70-68(78)62(73)57-55-53-51-49-47-45-43-41-39-37-35-32-30-28-26-24-22-20-18-16-14-12-10-8-6-4-2/h60-67,69,71-77H,3-59H2,1-2H3,(H,70,78). The minimum absolute atomic E-state index is 0.268. The number of hydrogen-bond donors (Lipinski definition) is 8. The van der Waals surface area contributed by atoms with Gasteiger partial charge in [-0.25, -0.2) is 0 Å². The van der Waals surface area contributed by atoms with E-state index >= 15 is 0 Å². The molecule has 11 heteroatoms. The third kappa shape index (κ3) is 45.5. The first-order chi connectivity index (χ1) is 39.2. The second kappa shape index (κ2) is 58.5. The Hall–Kier alpha value is -0.890. The number of carbonyl (C=O) groups excluding carboxylic acids is 1. The summed E-state index contributed by atoms with van der Waals surface area (Å²) in [4.78, 5) is 13.3. The van der Waals surface area contributed by atoms with E-state index in [1.807, 2.05) is 0 Å². The van der Waals surface area contributed by atoms with Gasteiger partial charge in [-0.2, -0.15) is 0 Å². The van der Waals surface area contributed by atoms with Crippen LogP contribution in [-0.2, 0) is 14.3 Å².